The van der Waals surface area contributed by atoms with Crippen LogP contribution >= 0.6 is 0 Å². The maximum atomic E-state index is 11.7. The second-order valence-corrected chi connectivity index (χ2v) is 3.73. The molecule has 2 amide bonds. The number of hydrogen-bond donors (Lipinski definition) is 2. The van der Waals surface area contributed by atoms with Crippen molar-refractivity contribution in [3.05, 3.63) is 34.9 Å². The first kappa shape index (κ1) is 12.2. The Morgan fingerprint density at radius 1 is 1.12 bits per heavy atom. The summed E-state index contributed by atoms with van der Waals surface area (Å²) >= 11 is 0. The molecule has 0 aromatic heterocycles. The zero-order valence-corrected chi connectivity index (χ0v) is 9.76. The van der Waals surface area contributed by atoms with Gasteiger partial charge >= 0.3 is 0 Å². The molecule has 1 rings (SSSR count). The van der Waals surface area contributed by atoms with E-state index in [9.17, 15) is 9.59 Å². The van der Waals surface area contributed by atoms with Gasteiger partial charge in [-0.2, -0.15) is 0 Å². The Morgan fingerprint density at radius 3 is 2.19 bits per heavy atom. The number of aryl methyl sites for hydroxylation is 2. The van der Waals surface area contributed by atoms with Crippen molar-refractivity contribution in [3.8, 4) is 0 Å². The Kier molecular flexibility index (Phi) is 4.05. The van der Waals surface area contributed by atoms with Gasteiger partial charge in [-0.25, -0.2) is 0 Å². The van der Waals surface area contributed by atoms with Crippen molar-refractivity contribution in [1.29, 1.82) is 0 Å². The van der Waals surface area contributed by atoms with Gasteiger partial charge in [0.05, 0.1) is 6.54 Å². The van der Waals surface area contributed by atoms with E-state index in [4.69, 9.17) is 0 Å². The minimum Gasteiger partial charge on any atom is -0.358 e. The maximum absolute atomic E-state index is 11.7. The van der Waals surface area contributed by atoms with Crippen molar-refractivity contribution in [2.24, 2.45) is 0 Å². The first-order valence-corrected chi connectivity index (χ1v) is 5.10. The molecule has 0 bridgehead atoms. The van der Waals surface area contributed by atoms with E-state index in [1.165, 1.54) is 7.05 Å². The molecule has 4 heteroatoms. The number of carbonyl (C=O) groups is 2. The molecule has 2 N–H and O–H groups in total. The topological polar surface area (TPSA) is 58.2 Å². The summed E-state index contributed by atoms with van der Waals surface area (Å²) < 4.78 is 0. The van der Waals surface area contributed by atoms with Crippen molar-refractivity contribution in [2.75, 3.05) is 13.6 Å². The van der Waals surface area contributed by atoms with Gasteiger partial charge in [-0.3, -0.25) is 9.59 Å². The highest BCUT2D eigenvalue weighted by atomic mass is 16.2. The van der Waals surface area contributed by atoms with E-state index in [0.29, 0.717) is 5.56 Å². The zero-order chi connectivity index (χ0) is 12.1. The van der Waals surface area contributed by atoms with E-state index in [2.05, 4.69) is 10.6 Å². The summed E-state index contributed by atoms with van der Waals surface area (Å²) in [4.78, 5) is 22.6. The van der Waals surface area contributed by atoms with Crippen LogP contribution in [0.25, 0.3) is 0 Å². The Bertz CT molecular complexity index is 393. The molecule has 0 aliphatic heterocycles. The van der Waals surface area contributed by atoms with Gasteiger partial charge < -0.3 is 10.6 Å². The number of benzene rings is 1. The van der Waals surface area contributed by atoms with Crippen molar-refractivity contribution in [1.82, 2.24) is 10.6 Å². The Balaban J connectivity index is 2.69. The van der Waals surface area contributed by atoms with Gasteiger partial charge in [-0.1, -0.05) is 17.2 Å². The largest absolute Gasteiger partial charge is 0.358 e. The molecule has 1 aromatic carbocycles. The normalized spacial score (nSPS) is 9.69. The number of likely N-dealkylation sites (N-methyl/N-ethyl adjacent to an activating group) is 1. The van der Waals surface area contributed by atoms with E-state index < -0.39 is 0 Å². The molecular weight excluding hydrogens is 204 g/mol. The number of amides is 2. The predicted octanol–water partition coefficient (Wildman–Crippen LogP) is 0.779. The minimum atomic E-state index is -0.226. The van der Waals surface area contributed by atoms with Crippen LogP contribution in [0.1, 0.15) is 21.5 Å². The highest BCUT2D eigenvalue weighted by Crippen LogP contribution is 2.08. The lowest BCUT2D eigenvalue weighted by Crippen LogP contribution is -2.35. The zero-order valence-electron chi connectivity index (χ0n) is 9.76. The van der Waals surface area contributed by atoms with Crippen molar-refractivity contribution < 1.29 is 9.59 Å². The van der Waals surface area contributed by atoms with Crippen molar-refractivity contribution >= 4 is 11.8 Å². The highest BCUT2D eigenvalue weighted by Gasteiger charge is 2.07. The monoisotopic (exact) mass is 220 g/mol. The van der Waals surface area contributed by atoms with E-state index in [1.54, 1.807) is 12.1 Å². The summed E-state index contributed by atoms with van der Waals surface area (Å²) in [6.07, 6.45) is 0. The molecule has 0 heterocycles. The number of hydrogen-bond acceptors (Lipinski definition) is 2. The number of carbonyl (C=O) groups excluding carboxylic acids is 2. The van der Waals surface area contributed by atoms with Crippen LogP contribution in [0.4, 0.5) is 0 Å². The third kappa shape index (κ3) is 3.38. The molecular formula is C12H16N2O2. The third-order valence-corrected chi connectivity index (χ3v) is 2.17. The summed E-state index contributed by atoms with van der Waals surface area (Å²) in [5.41, 5.74) is 2.65. The van der Waals surface area contributed by atoms with Gasteiger partial charge in [0.2, 0.25) is 5.91 Å². The average Bonchev–Trinajstić information content (AvgIpc) is 2.23. The standard InChI is InChI=1S/C12H16N2O2/c1-8-4-9(2)6-10(5-8)12(16)14-7-11(15)13-3/h4-6H,7H2,1-3H3,(H,13,15)(H,14,16). The van der Waals surface area contributed by atoms with Gasteiger partial charge in [-0.15, -0.1) is 0 Å². The second kappa shape index (κ2) is 5.30. The Morgan fingerprint density at radius 2 is 1.69 bits per heavy atom. The molecule has 0 atom stereocenters. The lowest BCUT2D eigenvalue weighted by atomic mass is 10.1. The molecule has 0 saturated carbocycles. The van der Waals surface area contributed by atoms with Gasteiger partial charge in [0.25, 0.3) is 5.91 Å². The summed E-state index contributed by atoms with van der Waals surface area (Å²) in [5.74, 6) is -0.437. The first-order valence-electron chi connectivity index (χ1n) is 5.10. The van der Waals surface area contributed by atoms with Crippen molar-refractivity contribution in [2.45, 2.75) is 13.8 Å². The van der Waals surface area contributed by atoms with E-state index >= 15 is 0 Å². The van der Waals surface area contributed by atoms with Crippen molar-refractivity contribution in [3.63, 3.8) is 0 Å². The van der Waals surface area contributed by atoms with E-state index in [0.717, 1.165) is 11.1 Å². The molecule has 0 saturated heterocycles. The molecule has 0 spiro atoms. The van der Waals surface area contributed by atoms with Gasteiger partial charge in [0.15, 0.2) is 0 Å². The molecule has 4 nitrogen and oxygen atoms in total. The van der Waals surface area contributed by atoms with Crippen LogP contribution in [0.2, 0.25) is 0 Å². The summed E-state index contributed by atoms with van der Waals surface area (Å²) in [6, 6.07) is 5.59. The molecule has 0 aliphatic rings. The van der Waals surface area contributed by atoms with Gasteiger partial charge in [0.1, 0.15) is 0 Å². The molecule has 16 heavy (non-hydrogen) atoms. The first-order chi connectivity index (χ1) is 7.52. The fourth-order valence-electron chi connectivity index (χ4n) is 1.46. The van der Waals surface area contributed by atoms with Crippen LogP contribution in [0.3, 0.4) is 0 Å². The van der Waals surface area contributed by atoms with E-state index in [-0.39, 0.29) is 18.4 Å². The lowest BCUT2D eigenvalue weighted by Gasteiger charge is -2.06. The average molecular weight is 220 g/mol. The fourth-order valence-corrected chi connectivity index (χ4v) is 1.46. The minimum absolute atomic E-state index is 0.00230. The number of nitrogens with one attached hydrogen (secondary N) is 2. The third-order valence-electron chi connectivity index (χ3n) is 2.17. The molecule has 0 fully saturated rings. The molecule has 1 aromatic rings. The molecule has 0 radical (unpaired) electrons. The van der Waals surface area contributed by atoms with Crippen LogP contribution in [-0.4, -0.2) is 25.4 Å². The van der Waals surface area contributed by atoms with Crippen LogP contribution in [0.5, 0.6) is 0 Å². The Labute approximate surface area is 95.0 Å². The molecule has 86 valence electrons. The van der Waals surface area contributed by atoms with Gasteiger partial charge in [0, 0.05) is 12.6 Å². The second-order valence-electron chi connectivity index (χ2n) is 3.73. The van der Waals surface area contributed by atoms with Crippen LogP contribution in [0.15, 0.2) is 18.2 Å². The van der Waals surface area contributed by atoms with Crippen LogP contribution < -0.4 is 10.6 Å². The maximum Gasteiger partial charge on any atom is 0.251 e. The summed E-state index contributed by atoms with van der Waals surface area (Å²) in [6.45, 7) is 3.87. The Hall–Kier alpha value is -1.84. The summed E-state index contributed by atoms with van der Waals surface area (Å²) in [5, 5.41) is 4.99. The van der Waals surface area contributed by atoms with Crippen LogP contribution in [-0.2, 0) is 4.79 Å². The highest BCUT2D eigenvalue weighted by molar-refractivity contribution is 5.96. The fraction of sp³-hybridized carbons (Fsp3) is 0.333. The predicted molar refractivity (Wildman–Crippen MR) is 62.3 cm³/mol. The SMILES string of the molecule is CNC(=O)CNC(=O)c1cc(C)cc(C)c1. The lowest BCUT2D eigenvalue weighted by molar-refractivity contribution is -0.119. The number of rotatable bonds is 3. The molecule has 0 aliphatic carbocycles. The quantitative estimate of drug-likeness (QED) is 0.790. The smallest absolute Gasteiger partial charge is 0.251 e. The van der Waals surface area contributed by atoms with Crippen LogP contribution in [0, 0.1) is 13.8 Å². The molecule has 0 unspecified atom stereocenters. The van der Waals surface area contributed by atoms with Gasteiger partial charge in [-0.05, 0) is 26.0 Å². The van der Waals surface area contributed by atoms with E-state index in [1.807, 2.05) is 19.9 Å². The summed E-state index contributed by atoms with van der Waals surface area (Å²) in [7, 11) is 1.53.